The Morgan fingerprint density at radius 2 is 1.69 bits per heavy atom. The highest BCUT2D eigenvalue weighted by Crippen LogP contribution is 2.34. The number of nitrogens with two attached hydrogens (primary N) is 1. The lowest BCUT2D eigenvalue weighted by Crippen LogP contribution is -2.45. The Labute approximate surface area is 225 Å². The predicted octanol–water partition coefficient (Wildman–Crippen LogP) is 4.54. The van der Waals surface area contributed by atoms with Crippen LogP contribution in [0.2, 0.25) is 0 Å². The van der Waals surface area contributed by atoms with Crippen molar-refractivity contribution in [2.75, 3.05) is 55.6 Å². The van der Waals surface area contributed by atoms with E-state index in [2.05, 4.69) is 27.4 Å². The Balaban J connectivity index is 1.35. The number of hydrogen-bond donors (Lipinski definition) is 4. The van der Waals surface area contributed by atoms with E-state index >= 15 is 0 Å². The number of halogens is 3. The molecule has 0 aliphatic carbocycles. The first-order chi connectivity index (χ1) is 18.7. The fourth-order valence-corrected chi connectivity index (χ4v) is 4.49. The summed E-state index contributed by atoms with van der Waals surface area (Å²) in [6.07, 6.45) is -1.77. The lowest BCUT2D eigenvalue weighted by molar-refractivity contribution is -0.138. The maximum atomic E-state index is 13.9. The summed E-state index contributed by atoms with van der Waals surface area (Å²) < 4.78 is 41.6. The largest absolute Gasteiger partial charge is 0.416 e. The number of nitrogens with zero attached hydrogens (tertiary/aromatic N) is 3. The number of alkyl halides is 3. The Morgan fingerprint density at radius 1 is 1.03 bits per heavy atom. The van der Waals surface area contributed by atoms with Crippen molar-refractivity contribution in [3.05, 3.63) is 71.4 Å². The second-order valence-electron chi connectivity index (χ2n) is 9.40. The van der Waals surface area contributed by atoms with E-state index in [0.29, 0.717) is 11.3 Å². The number of carbonyl (C=O) groups excluding carboxylic acids is 1. The monoisotopic (exact) mass is 539 g/mol. The van der Waals surface area contributed by atoms with Crippen molar-refractivity contribution in [2.24, 2.45) is 0 Å². The number of pyridine rings is 1. The van der Waals surface area contributed by atoms with Gasteiger partial charge in [0.2, 0.25) is 5.91 Å². The average molecular weight is 540 g/mol. The van der Waals surface area contributed by atoms with Crippen molar-refractivity contribution in [3.8, 4) is 11.1 Å². The van der Waals surface area contributed by atoms with Gasteiger partial charge in [-0.15, -0.1) is 0 Å². The molecule has 1 aliphatic rings. The molecule has 1 aromatic heterocycles. The molecule has 0 bridgehead atoms. The zero-order chi connectivity index (χ0) is 28.0. The van der Waals surface area contributed by atoms with Gasteiger partial charge in [0.25, 0.3) is 0 Å². The van der Waals surface area contributed by atoms with Crippen LogP contribution in [0.5, 0.6) is 0 Å². The molecule has 1 aliphatic heterocycles. The second-order valence-corrected chi connectivity index (χ2v) is 9.40. The third kappa shape index (κ3) is 7.33. The maximum Gasteiger partial charge on any atom is 0.416 e. The number of piperazine rings is 1. The lowest BCUT2D eigenvalue weighted by Gasteiger charge is -2.34. The van der Waals surface area contributed by atoms with Gasteiger partial charge in [-0.25, -0.2) is 4.98 Å². The fraction of sp³-hybridized carbons (Fsp3) is 0.321. The Bertz CT molecular complexity index is 1300. The van der Waals surface area contributed by atoms with Crippen molar-refractivity contribution < 1.29 is 18.0 Å². The Hall–Kier alpha value is -3.96. The molecule has 1 saturated heterocycles. The number of nitrogens with one attached hydrogen (secondary N) is 3. The van der Waals surface area contributed by atoms with Crippen LogP contribution in [0, 0.1) is 5.41 Å². The van der Waals surface area contributed by atoms with E-state index in [1.54, 1.807) is 24.4 Å². The SMILES string of the molecule is CCN1CCN(Cc2ccc(NC(=O)CNc3ccc(-c4cnc(N)c(C=N)c4)cc3)cc2C(F)(F)F)CC1. The first kappa shape index (κ1) is 28.1. The van der Waals surface area contributed by atoms with E-state index in [1.165, 1.54) is 12.1 Å². The summed E-state index contributed by atoms with van der Waals surface area (Å²) in [6, 6.07) is 13.0. The van der Waals surface area contributed by atoms with Crippen molar-refractivity contribution in [3.63, 3.8) is 0 Å². The molecule has 0 spiro atoms. The number of benzene rings is 2. The summed E-state index contributed by atoms with van der Waals surface area (Å²) in [7, 11) is 0. The third-order valence-electron chi connectivity index (χ3n) is 6.78. The molecular weight excluding hydrogens is 507 g/mol. The summed E-state index contributed by atoms with van der Waals surface area (Å²) in [5.41, 5.74) is 8.14. The van der Waals surface area contributed by atoms with Crippen LogP contribution in [0.4, 0.5) is 30.4 Å². The fourth-order valence-electron chi connectivity index (χ4n) is 4.49. The number of likely N-dealkylation sites (N-methyl/N-ethyl adjacent to an activating group) is 1. The highest BCUT2D eigenvalue weighted by Gasteiger charge is 2.34. The molecule has 2 aromatic carbocycles. The van der Waals surface area contributed by atoms with Crippen LogP contribution < -0.4 is 16.4 Å². The zero-order valence-electron chi connectivity index (χ0n) is 21.7. The third-order valence-corrected chi connectivity index (χ3v) is 6.78. The van der Waals surface area contributed by atoms with Crippen LogP contribution in [0.1, 0.15) is 23.6 Å². The molecule has 206 valence electrons. The van der Waals surface area contributed by atoms with E-state index in [0.717, 1.165) is 56.1 Å². The van der Waals surface area contributed by atoms with E-state index in [4.69, 9.17) is 11.1 Å². The van der Waals surface area contributed by atoms with Crippen LogP contribution in [0.3, 0.4) is 0 Å². The molecule has 0 unspecified atom stereocenters. The topological polar surface area (TPSA) is 110 Å². The van der Waals surface area contributed by atoms with Crippen molar-refractivity contribution in [1.29, 1.82) is 5.41 Å². The number of hydrogen-bond acceptors (Lipinski definition) is 7. The highest BCUT2D eigenvalue weighted by atomic mass is 19.4. The molecule has 2 heterocycles. The summed E-state index contributed by atoms with van der Waals surface area (Å²) in [6.45, 7) is 6.23. The summed E-state index contributed by atoms with van der Waals surface area (Å²) in [5, 5.41) is 13.0. The predicted molar refractivity (Wildman–Crippen MR) is 148 cm³/mol. The zero-order valence-corrected chi connectivity index (χ0v) is 21.7. The van der Waals surface area contributed by atoms with E-state index in [1.807, 2.05) is 17.0 Å². The van der Waals surface area contributed by atoms with Crippen LogP contribution in [0.15, 0.2) is 54.7 Å². The number of nitrogen functional groups attached to an aromatic ring is 1. The minimum Gasteiger partial charge on any atom is -0.383 e. The number of aromatic nitrogens is 1. The molecule has 4 rings (SSSR count). The lowest BCUT2D eigenvalue weighted by atomic mass is 10.0. The first-order valence-electron chi connectivity index (χ1n) is 12.7. The normalized spacial score (nSPS) is 14.7. The van der Waals surface area contributed by atoms with Gasteiger partial charge in [-0.2, -0.15) is 13.2 Å². The summed E-state index contributed by atoms with van der Waals surface area (Å²) >= 11 is 0. The number of rotatable bonds is 9. The molecule has 0 atom stereocenters. The molecule has 39 heavy (non-hydrogen) atoms. The van der Waals surface area contributed by atoms with Gasteiger partial charge < -0.3 is 26.7 Å². The summed E-state index contributed by atoms with van der Waals surface area (Å²) in [5.74, 6) is -0.186. The van der Waals surface area contributed by atoms with Crippen LogP contribution >= 0.6 is 0 Å². The first-order valence-corrected chi connectivity index (χ1v) is 12.7. The minimum absolute atomic E-state index is 0.0990. The van der Waals surface area contributed by atoms with Crippen molar-refractivity contribution in [2.45, 2.75) is 19.6 Å². The van der Waals surface area contributed by atoms with Gasteiger partial charge in [0, 0.05) is 67.6 Å². The smallest absolute Gasteiger partial charge is 0.383 e. The van der Waals surface area contributed by atoms with Gasteiger partial charge in [-0.1, -0.05) is 25.1 Å². The molecule has 3 aromatic rings. The van der Waals surface area contributed by atoms with Gasteiger partial charge >= 0.3 is 6.18 Å². The molecule has 0 radical (unpaired) electrons. The van der Waals surface area contributed by atoms with Gasteiger partial charge in [0.1, 0.15) is 5.82 Å². The average Bonchev–Trinajstić information content (AvgIpc) is 2.93. The molecule has 1 amide bonds. The molecule has 5 N–H and O–H groups in total. The molecule has 11 heteroatoms. The van der Waals surface area contributed by atoms with Gasteiger partial charge in [0.15, 0.2) is 0 Å². The summed E-state index contributed by atoms with van der Waals surface area (Å²) in [4.78, 5) is 20.9. The van der Waals surface area contributed by atoms with Crippen LogP contribution in [-0.4, -0.2) is 66.2 Å². The van der Waals surface area contributed by atoms with Crippen LogP contribution in [-0.2, 0) is 17.5 Å². The Kier molecular flexibility index (Phi) is 8.82. The van der Waals surface area contributed by atoms with E-state index < -0.39 is 17.6 Å². The Morgan fingerprint density at radius 3 is 2.33 bits per heavy atom. The highest BCUT2D eigenvalue weighted by molar-refractivity contribution is 5.94. The maximum absolute atomic E-state index is 13.9. The van der Waals surface area contributed by atoms with Crippen molar-refractivity contribution in [1.82, 2.24) is 14.8 Å². The van der Waals surface area contributed by atoms with Gasteiger partial charge in [0.05, 0.1) is 12.1 Å². The van der Waals surface area contributed by atoms with E-state index in [9.17, 15) is 18.0 Å². The van der Waals surface area contributed by atoms with Gasteiger partial charge in [-0.05, 0) is 48.0 Å². The quantitative estimate of drug-likeness (QED) is 0.298. The van der Waals surface area contributed by atoms with Crippen molar-refractivity contribution >= 4 is 29.3 Å². The number of amides is 1. The number of anilines is 3. The minimum atomic E-state index is -4.53. The van der Waals surface area contributed by atoms with E-state index in [-0.39, 0.29) is 30.2 Å². The van der Waals surface area contributed by atoms with Crippen LogP contribution in [0.25, 0.3) is 11.1 Å². The molecule has 0 saturated carbocycles. The molecular formula is C28H32F3N7O. The molecule has 1 fully saturated rings. The second kappa shape index (κ2) is 12.3. The standard InChI is InChI=1S/C28H32F3N7O/c1-2-37-9-11-38(12-10-37)18-20-5-8-24(14-25(20)28(29,30)31)36-26(39)17-34-23-6-3-19(4-7-23)22-13-21(15-32)27(33)35-16-22/h3-8,13-16,32,34H,2,9-12,17-18H2,1H3,(H2,33,35)(H,36,39). The van der Waals surface area contributed by atoms with Gasteiger partial charge in [-0.3, -0.25) is 9.69 Å². The number of carbonyl (C=O) groups is 1. The molecule has 8 nitrogen and oxygen atoms in total.